The minimum atomic E-state index is -1.19. The fourth-order valence-corrected chi connectivity index (χ4v) is 0. The summed E-state index contributed by atoms with van der Waals surface area (Å²) in [6, 6.07) is 0. The molecule has 0 rings (SSSR count). The van der Waals surface area contributed by atoms with Gasteiger partial charge in [0.25, 0.3) is 0 Å². The van der Waals surface area contributed by atoms with Gasteiger partial charge in [0.2, 0.25) is 6.41 Å². The second kappa shape index (κ2) is 9.96. The Balaban J connectivity index is 0. The quantitative estimate of drug-likeness (QED) is 0.599. The molecule has 2 nitrogen and oxygen atoms in total. The maximum absolute atomic E-state index is 8.58. The Morgan fingerprint density at radius 3 is 1.43 bits per heavy atom. The molecule has 0 saturated carbocycles. The zero-order chi connectivity index (χ0) is 6.28. The molecule has 0 atom stereocenters. The number of amides is 1. The molecule has 0 bridgehead atoms. The van der Waals surface area contributed by atoms with E-state index in [1.165, 1.54) is 0 Å². The predicted octanol–water partition coefficient (Wildman–Crippen LogP) is 1.17. The van der Waals surface area contributed by atoms with Crippen LogP contribution in [0, 0.1) is 0 Å². The second-order valence-electron chi connectivity index (χ2n) is 0.279. The number of carbonyl (C=O) groups is 1. The average Bonchev–Trinajstić information content (AvgIpc) is 1.33. The molecular weight excluding hydrogens is 207 g/mol. The van der Waals surface area contributed by atoms with Crippen molar-refractivity contribution >= 4 is 36.8 Å². The summed E-state index contributed by atoms with van der Waals surface area (Å²) in [6.07, 6.45) is 0.250. The van der Waals surface area contributed by atoms with Gasteiger partial charge in [0.1, 0.15) is 0 Å². The topological polar surface area (TPSA) is 43.1 Å². The molecule has 0 aliphatic carbocycles. The van der Waals surface area contributed by atoms with Crippen molar-refractivity contribution in [3.63, 3.8) is 0 Å². The van der Waals surface area contributed by atoms with E-state index in [-0.39, 0.29) is 6.41 Å². The third kappa shape index (κ3) is 224. The van der Waals surface area contributed by atoms with Gasteiger partial charge < -0.3 is 5.73 Å². The van der Waals surface area contributed by atoms with Gasteiger partial charge in [-0.25, -0.2) is 0 Å². The zero-order valence-corrected chi connectivity index (χ0v) is 6.34. The van der Waals surface area contributed by atoms with Crippen LogP contribution in [0.15, 0.2) is 0 Å². The van der Waals surface area contributed by atoms with Crippen molar-refractivity contribution in [2.45, 2.75) is 0 Å². The minimum absolute atomic E-state index is 0.250. The molecule has 0 fully saturated rings. The summed E-state index contributed by atoms with van der Waals surface area (Å²) in [6.45, 7) is 0. The summed E-state index contributed by atoms with van der Waals surface area (Å²) < 4.78 is 0. The number of hydrogen-bond donors (Lipinski definition) is 1. The van der Waals surface area contributed by atoms with E-state index < -0.39 is 10.9 Å². The number of carbonyl (C=O) groups excluding carboxylic acids is 1. The van der Waals surface area contributed by atoms with Gasteiger partial charge in [0.15, 0.2) is 0 Å². The number of hydrogen-bond acceptors (Lipinski definition) is 1. The van der Waals surface area contributed by atoms with Gasteiger partial charge in [-0.3, -0.25) is 4.79 Å². The van der Waals surface area contributed by atoms with Crippen molar-refractivity contribution in [2.24, 2.45) is 5.73 Å². The van der Waals surface area contributed by atoms with Crippen LogP contribution in [-0.4, -0.2) is 6.41 Å². The van der Waals surface area contributed by atoms with Crippen molar-refractivity contribution < 1.29 is 15.7 Å². The van der Waals surface area contributed by atoms with Gasteiger partial charge in [-0.1, -0.05) is 0 Å². The van der Waals surface area contributed by atoms with Gasteiger partial charge in [-0.2, -0.15) is 0 Å². The van der Waals surface area contributed by atoms with Crippen LogP contribution >= 0.6 is 30.4 Å². The van der Waals surface area contributed by atoms with Crippen LogP contribution in [0.4, 0.5) is 0 Å². The maximum atomic E-state index is 8.58. The van der Waals surface area contributed by atoms with E-state index in [1.54, 1.807) is 0 Å². The SMILES string of the molecule is NC=O.[Cl][Co]([Cl])[Cl]. The zero-order valence-electron chi connectivity index (χ0n) is 3.03. The average molecular weight is 210 g/mol. The summed E-state index contributed by atoms with van der Waals surface area (Å²) in [5.74, 6) is 0. The van der Waals surface area contributed by atoms with Gasteiger partial charge >= 0.3 is 41.4 Å². The molecule has 48 valence electrons. The molecule has 0 aromatic heterocycles. The number of halogens is 3. The van der Waals surface area contributed by atoms with E-state index in [2.05, 4.69) is 5.73 Å². The first-order valence-electron chi connectivity index (χ1n) is 0.947. The van der Waals surface area contributed by atoms with Crippen molar-refractivity contribution in [3.05, 3.63) is 0 Å². The second-order valence-corrected chi connectivity index (χ2v) is 5.44. The van der Waals surface area contributed by atoms with E-state index in [9.17, 15) is 0 Å². The van der Waals surface area contributed by atoms with Crippen LogP contribution in [-0.2, 0) is 15.7 Å². The third-order valence-electron chi connectivity index (χ3n) is 0. The molecule has 1 amide bonds. The third-order valence-corrected chi connectivity index (χ3v) is 0. The van der Waals surface area contributed by atoms with Gasteiger partial charge in [-0.15, -0.1) is 0 Å². The number of rotatable bonds is 0. The predicted molar refractivity (Wildman–Crippen MR) is 27.8 cm³/mol. The molecule has 0 spiro atoms. The summed E-state index contributed by atoms with van der Waals surface area (Å²) in [7, 11) is 13.4. The van der Waals surface area contributed by atoms with Crippen molar-refractivity contribution in [1.82, 2.24) is 0 Å². The Kier molecular flexibility index (Phi) is 15.3. The first-order valence-corrected chi connectivity index (χ1v) is 5.24. The van der Waals surface area contributed by atoms with Crippen molar-refractivity contribution in [2.75, 3.05) is 0 Å². The van der Waals surface area contributed by atoms with Crippen LogP contribution in [0.2, 0.25) is 0 Å². The monoisotopic (exact) mass is 209 g/mol. The summed E-state index contributed by atoms with van der Waals surface area (Å²) in [5.41, 5.74) is 4.17. The van der Waals surface area contributed by atoms with E-state index in [0.717, 1.165) is 0 Å². The molecule has 0 aromatic rings. The Labute approximate surface area is 58.4 Å². The Bertz CT molecular complexity index is 39.2. The van der Waals surface area contributed by atoms with Crippen molar-refractivity contribution in [1.29, 1.82) is 0 Å². The van der Waals surface area contributed by atoms with Crippen LogP contribution in [0.5, 0.6) is 0 Å². The normalized spacial score (nSPS) is 8.14. The molecule has 0 radical (unpaired) electrons. The number of primary amides is 1. The number of nitrogens with two attached hydrogens (primary N) is 1. The van der Waals surface area contributed by atoms with E-state index in [4.69, 9.17) is 35.2 Å². The van der Waals surface area contributed by atoms with Crippen LogP contribution in [0.3, 0.4) is 0 Å². The van der Waals surface area contributed by atoms with E-state index >= 15 is 0 Å². The van der Waals surface area contributed by atoms with E-state index in [1.807, 2.05) is 0 Å². The molecular formula is CH3Cl3CoNO. The van der Waals surface area contributed by atoms with Crippen molar-refractivity contribution in [3.8, 4) is 0 Å². The van der Waals surface area contributed by atoms with Gasteiger partial charge in [0, 0.05) is 0 Å². The van der Waals surface area contributed by atoms with Crippen LogP contribution in [0.25, 0.3) is 0 Å². The Hall–Kier alpha value is 0.846. The summed E-state index contributed by atoms with van der Waals surface area (Å²) in [4.78, 5) is 8.58. The van der Waals surface area contributed by atoms with Crippen LogP contribution < -0.4 is 5.73 Å². The summed E-state index contributed by atoms with van der Waals surface area (Å²) >= 11 is 0. The molecule has 0 aliphatic rings. The Morgan fingerprint density at radius 2 is 1.43 bits per heavy atom. The molecule has 0 aromatic carbocycles. The van der Waals surface area contributed by atoms with E-state index in [0.29, 0.717) is 0 Å². The van der Waals surface area contributed by atoms with Gasteiger partial charge in [-0.05, 0) is 0 Å². The molecule has 0 aliphatic heterocycles. The molecule has 0 heterocycles. The fourth-order valence-electron chi connectivity index (χ4n) is 0. The molecule has 0 saturated heterocycles. The molecule has 7 heavy (non-hydrogen) atoms. The fraction of sp³-hybridized carbons (Fsp3) is 0. The standard InChI is InChI=1S/CH3NO.3ClH.Co/c2-1-3;;;;/h1H,(H2,2,3);3*1H;/q;;;;+3/p-3. The first-order chi connectivity index (χ1) is 3.15. The summed E-state index contributed by atoms with van der Waals surface area (Å²) in [5, 5.41) is 0. The van der Waals surface area contributed by atoms with Gasteiger partial charge in [0.05, 0.1) is 0 Å². The molecule has 2 N–H and O–H groups in total. The molecule has 0 unspecified atom stereocenters. The Morgan fingerprint density at radius 1 is 1.43 bits per heavy atom. The molecule has 6 heteroatoms. The first kappa shape index (κ1) is 10.8. The van der Waals surface area contributed by atoms with Crippen LogP contribution in [0.1, 0.15) is 0 Å².